The molecule has 0 atom stereocenters. The molecule has 0 aliphatic carbocycles. The van der Waals surface area contributed by atoms with Crippen molar-refractivity contribution in [3.8, 4) is 0 Å². The van der Waals surface area contributed by atoms with Gasteiger partial charge in [0.15, 0.2) is 0 Å². The van der Waals surface area contributed by atoms with Crippen molar-refractivity contribution >= 4 is 33.6 Å². The van der Waals surface area contributed by atoms with Crippen molar-refractivity contribution in [2.24, 2.45) is 5.14 Å². The van der Waals surface area contributed by atoms with Gasteiger partial charge in [-0.25, -0.2) is 13.6 Å². The fraction of sp³-hybridized carbons (Fsp3) is 0.118. The predicted octanol–water partition coefficient (Wildman–Crippen LogP) is 2.36. The summed E-state index contributed by atoms with van der Waals surface area (Å²) in [5, 5.41) is 8.37. The molecule has 0 radical (unpaired) electrons. The van der Waals surface area contributed by atoms with Crippen LogP contribution >= 0.6 is 11.6 Å². The smallest absolute Gasteiger partial charge is 0.244 e. The van der Waals surface area contributed by atoms with Crippen LogP contribution in [0.5, 0.6) is 0 Å². The first-order chi connectivity index (χ1) is 11.4. The van der Waals surface area contributed by atoms with Crippen molar-refractivity contribution in [3.05, 3.63) is 70.8 Å². The number of halogens is 1. The summed E-state index contributed by atoms with van der Waals surface area (Å²) in [7, 11) is -3.68. The van der Waals surface area contributed by atoms with Gasteiger partial charge in [0, 0.05) is 17.6 Å². The molecule has 1 amide bonds. The van der Waals surface area contributed by atoms with Crippen molar-refractivity contribution in [1.82, 2.24) is 5.32 Å². The molecule has 0 aliphatic rings. The van der Waals surface area contributed by atoms with Crippen LogP contribution in [0.2, 0.25) is 5.02 Å². The fourth-order valence-corrected chi connectivity index (χ4v) is 2.72. The number of nitrogens with one attached hydrogen (secondary N) is 1. The SMILES string of the molecule is NS(=O)(=O)c1ccc(CCNC(=O)/C=C/c2ccccc2Cl)cc1. The molecule has 0 bridgehead atoms. The van der Waals surface area contributed by atoms with Crippen LogP contribution in [0.1, 0.15) is 11.1 Å². The van der Waals surface area contributed by atoms with Crippen LogP contribution < -0.4 is 10.5 Å². The van der Waals surface area contributed by atoms with Gasteiger partial charge in [-0.05, 0) is 41.8 Å². The minimum Gasteiger partial charge on any atom is -0.352 e. The molecule has 2 aromatic rings. The first kappa shape index (κ1) is 18.2. The quantitative estimate of drug-likeness (QED) is 0.771. The van der Waals surface area contributed by atoms with E-state index < -0.39 is 10.0 Å². The largest absolute Gasteiger partial charge is 0.352 e. The normalized spacial score (nSPS) is 11.6. The summed E-state index contributed by atoms with van der Waals surface area (Å²) in [4.78, 5) is 11.8. The molecule has 0 saturated heterocycles. The number of carbonyl (C=O) groups excluding carboxylic acids is 1. The molecule has 0 spiro atoms. The highest BCUT2D eigenvalue weighted by molar-refractivity contribution is 7.89. The van der Waals surface area contributed by atoms with Crippen molar-refractivity contribution in [3.63, 3.8) is 0 Å². The summed E-state index contributed by atoms with van der Waals surface area (Å²) < 4.78 is 22.3. The molecular formula is C17H17ClN2O3S. The predicted molar refractivity (Wildman–Crippen MR) is 95.0 cm³/mol. The van der Waals surface area contributed by atoms with Gasteiger partial charge in [-0.1, -0.05) is 41.9 Å². The number of sulfonamides is 1. The van der Waals surface area contributed by atoms with E-state index in [4.69, 9.17) is 16.7 Å². The van der Waals surface area contributed by atoms with Crippen LogP contribution in [0, 0.1) is 0 Å². The van der Waals surface area contributed by atoms with Crippen LogP contribution in [0.15, 0.2) is 59.5 Å². The van der Waals surface area contributed by atoms with Crippen LogP contribution in [-0.2, 0) is 21.2 Å². The molecule has 5 nitrogen and oxygen atoms in total. The second-order valence-electron chi connectivity index (χ2n) is 5.08. The molecule has 0 unspecified atom stereocenters. The molecule has 0 aliphatic heterocycles. The number of rotatable bonds is 6. The van der Waals surface area contributed by atoms with Gasteiger partial charge >= 0.3 is 0 Å². The third kappa shape index (κ3) is 5.49. The van der Waals surface area contributed by atoms with Gasteiger partial charge in [0.25, 0.3) is 0 Å². The van der Waals surface area contributed by atoms with Gasteiger partial charge in [-0.2, -0.15) is 0 Å². The molecule has 3 N–H and O–H groups in total. The number of hydrogen-bond donors (Lipinski definition) is 2. The average Bonchev–Trinajstić information content (AvgIpc) is 2.54. The van der Waals surface area contributed by atoms with Gasteiger partial charge < -0.3 is 5.32 Å². The van der Waals surface area contributed by atoms with Crippen molar-refractivity contribution in [2.75, 3.05) is 6.54 Å². The third-order valence-corrected chi connectivity index (χ3v) is 4.56. The van der Waals surface area contributed by atoms with E-state index in [9.17, 15) is 13.2 Å². The highest BCUT2D eigenvalue weighted by atomic mass is 35.5. The highest BCUT2D eigenvalue weighted by Crippen LogP contribution is 2.16. The Morgan fingerprint density at radius 3 is 2.42 bits per heavy atom. The van der Waals surface area contributed by atoms with E-state index in [0.29, 0.717) is 18.0 Å². The van der Waals surface area contributed by atoms with Gasteiger partial charge in [-0.3, -0.25) is 4.79 Å². The van der Waals surface area contributed by atoms with Gasteiger partial charge in [0.05, 0.1) is 4.90 Å². The summed E-state index contributed by atoms with van der Waals surface area (Å²) in [6.45, 7) is 0.431. The zero-order valence-corrected chi connectivity index (χ0v) is 14.3. The van der Waals surface area contributed by atoms with E-state index >= 15 is 0 Å². The summed E-state index contributed by atoms with van der Waals surface area (Å²) >= 11 is 6.00. The maximum Gasteiger partial charge on any atom is 0.244 e. The maximum absolute atomic E-state index is 11.8. The van der Waals surface area contributed by atoms with E-state index in [1.54, 1.807) is 24.3 Å². The van der Waals surface area contributed by atoms with E-state index in [2.05, 4.69) is 5.32 Å². The molecular weight excluding hydrogens is 348 g/mol. The standard InChI is InChI=1S/C17H17ClN2O3S/c18-16-4-2-1-3-14(16)7-10-17(21)20-12-11-13-5-8-15(9-6-13)24(19,22)23/h1-10H,11-12H2,(H,20,21)(H2,19,22,23)/b10-7+. The highest BCUT2D eigenvalue weighted by Gasteiger charge is 2.06. The van der Waals surface area contributed by atoms with Crippen LogP contribution in [0.3, 0.4) is 0 Å². The second kappa shape index (κ2) is 8.10. The Morgan fingerprint density at radius 2 is 1.79 bits per heavy atom. The molecule has 7 heteroatoms. The molecule has 2 rings (SSSR count). The third-order valence-electron chi connectivity index (χ3n) is 3.28. The molecule has 24 heavy (non-hydrogen) atoms. The van der Waals surface area contributed by atoms with Crippen LogP contribution in [0.4, 0.5) is 0 Å². The Kier molecular flexibility index (Phi) is 6.14. The lowest BCUT2D eigenvalue weighted by atomic mass is 10.1. The minimum absolute atomic E-state index is 0.0676. The number of hydrogen-bond acceptors (Lipinski definition) is 3. The second-order valence-corrected chi connectivity index (χ2v) is 7.05. The molecule has 126 valence electrons. The zero-order chi connectivity index (χ0) is 17.6. The number of primary sulfonamides is 1. The molecule has 2 aromatic carbocycles. The number of amides is 1. The van der Waals surface area contributed by atoms with Crippen molar-refractivity contribution in [1.29, 1.82) is 0 Å². The monoisotopic (exact) mass is 364 g/mol. The lowest BCUT2D eigenvalue weighted by molar-refractivity contribution is -0.116. The Hall–Kier alpha value is -2.15. The first-order valence-electron chi connectivity index (χ1n) is 7.18. The van der Waals surface area contributed by atoms with Crippen molar-refractivity contribution < 1.29 is 13.2 Å². The van der Waals surface area contributed by atoms with Crippen molar-refractivity contribution in [2.45, 2.75) is 11.3 Å². The Balaban J connectivity index is 1.83. The van der Waals surface area contributed by atoms with E-state index in [1.165, 1.54) is 18.2 Å². The Labute approximate surface area is 146 Å². The van der Waals surface area contributed by atoms with E-state index in [1.807, 2.05) is 18.2 Å². The fourth-order valence-electron chi connectivity index (χ4n) is 2.01. The molecule has 0 saturated carbocycles. The van der Waals surface area contributed by atoms with Crippen LogP contribution in [-0.4, -0.2) is 20.9 Å². The van der Waals surface area contributed by atoms with Gasteiger partial charge in [0.2, 0.25) is 15.9 Å². The Bertz CT molecular complexity index is 846. The van der Waals surface area contributed by atoms with E-state index in [0.717, 1.165) is 11.1 Å². The van der Waals surface area contributed by atoms with Gasteiger partial charge in [-0.15, -0.1) is 0 Å². The summed E-state index contributed by atoms with van der Waals surface area (Å²) in [5.74, 6) is -0.226. The van der Waals surface area contributed by atoms with Gasteiger partial charge in [0.1, 0.15) is 0 Å². The lowest BCUT2D eigenvalue weighted by Crippen LogP contribution is -2.23. The summed E-state index contributed by atoms with van der Waals surface area (Å²) in [6, 6.07) is 13.5. The number of nitrogens with two attached hydrogens (primary N) is 1. The van der Waals surface area contributed by atoms with Crippen LogP contribution in [0.25, 0.3) is 6.08 Å². The van der Waals surface area contributed by atoms with E-state index in [-0.39, 0.29) is 10.8 Å². The zero-order valence-electron chi connectivity index (χ0n) is 12.8. The first-order valence-corrected chi connectivity index (χ1v) is 9.11. The average molecular weight is 365 g/mol. The molecule has 0 heterocycles. The lowest BCUT2D eigenvalue weighted by Gasteiger charge is -2.04. The summed E-state index contributed by atoms with van der Waals surface area (Å²) in [5.41, 5.74) is 1.67. The maximum atomic E-state index is 11.8. The molecule has 0 fully saturated rings. The Morgan fingerprint density at radius 1 is 1.12 bits per heavy atom. The summed E-state index contributed by atoms with van der Waals surface area (Å²) in [6.07, 6.45) is 3.65. The minimum atomic E-state index is -3.68. The number of benzene rings is 2. The number of carbonyl (C=O) groups is 1. The topological polar surface area (TPSA) is 89.3 Å². The molecule has 0 aromatic heterocycles.